The van der Waals surface area contributed by atoms with Crippen LogP contribution in [-0.2, 0) is 16.1 Å². The standard InChI is InChI=1S/C18H25NO3/c1-17(2,3)22-16(20)19-12-9-15(18(19)10-11-18)21-13-14-7-5-4-6-8-14/h4-8,15H,9-13H2,1-3H3. The third kappa shape index (κ3) is 3.12. The molecule has 1 spiro atoms. The van der Waals surface area contributed by atoms with E-state index in [1.165, 1.54) is 5.56 Å². The van der Waals surface area contributed by atoms with E-state index in [2.05, 4.69) is 12.1 Å². The molecule has 0 bridgehead atoms. The highest BCUT2D eigenvalue weighted by molar-refractivity contribution is 5.70. The largest absolute Gasteiger partial charge is 0.444 e. The highest BCUT2D eigenvalue weighted by atomic mass is 16.6. The monoisotopic (exact) mass is 303 g/mol. The first-order chi connectivity index (χ1) is 10.4. The Balaban J connectivity index is 1.61. The maximum absolute atomic E-state index is 12.4. The molecule has 22 heavy (non-hydrogen) atoms. The molecule has 3 rings (SSSR count). The van der Waals surface area contributed by atoms with Gasteiger partial charge in [-0.05, 0) is 45.6 Å². The van der Waals surface area contributed by atoms with E-state index in [0.717, 1.165) is 25.8 Å². The van der Waals surface area contributed by atoms with Crippen molar-refractivity contribution >= 4 is 6.09 Å². The van der Waals surface area contributed by atoms with Gasteiger partial charge in [-0.15, -0.1) is 0 Å². The predicted octanol–water partition coefficient (Wildman–Crippen LogP) is 3.75. The van der Waals surface area contributed by atoms with Gasteiger partial charge in [0.25, 0.3) is 0 Å². The molecule has 4 heteroatoms. The summed E-state index contributed by atoms with van der Waals surface area (Å²) in [6, 6.07) is 10.2. The molecular formula is C18H25NO3. The lowest BCUT2D eigenvalue weighted by Crippen LogP contribution is -2.45. The van der Waals surface area contributed by atoms with Gasteiger partial charge in [-0.25, -0.2) is 4.79 Å². The summed E-state index contributed by atoms with van der Waals surface area (Å²) in [7, 11) is 0. The SMILES string of the molecule is CC(C)(C)OC(=O)N1CCC(OCc2ccccc2)C12CC2. The molecule has 0 aromatic heterocycles. The molecule has 1 aromatic rings. The average molecular weight is 303 g/mol. The Morgan fingerprint density at radius 1 is 1.27 bits per heavy atom. The first-order valence-corrected chi connectivity index (χ1v) is 8.07. The van der Waals surface area contributed by atoms with Gasteiger partial charge in [-0.2, -0.15) is 0 Å². The first kappa shape index (κ1) is 15.3. The second-order valence-electron chi connectivity index (χ2n) is 7.31. The average Bonchev–Trinajstić information content (AvgIpc) is 3.13. The normalized spacial score (nSPS) is 22.9. The predicted molar refractivity (Wildman–Crippen MR) is 84.5 cm³/mol. The van der Waals surface area contributed by atoms with Gasteiger partial charge >= 0.3 is 6.09 Å². The minimum Gasteiger partial charge on any atom is -0.444 e. The molecule has 1 amide bonds. The molecule has 4 nitrogen and oxygen atoms in total. The van der Waals surface area contributed by atoms with Gasteiger partial charge < -0.3 is 9.47 Å². The Bertz CT molecular complexity index is 531. The van der Waals surface area contributed by atoms with E-state index in [0.29, 0.717) is 6.61 Å². The van der Waals surface area contributed by atoms with Crippen molar-refractivity contribution in [2.75, 3.05) is 6.54 Å². The van der Waals surface area contributed by atoms with Crippen molar-refractivity contribution in [1.29, 1.82) is 0 Å². The van der Waals surface area contributed by atoms with E-state index < -0.39 is 5.60 Å². The molecule has 1 atom stereocenters. The van der Waals surface area contributed by atoms with Gasteiger partial charge in [0.1, 0.15) is 5.60 Å². The van der Waals surface area contributed by atoms with Crippen molar-refractivity contribution in [1.82, 2.24) is 4.90 Å². The van der Waals surface area contributed by atoms with E-state index in [1.54, 1.807) is 0 Å². The number of nitrogens with zero attached hydrogens (tertiary/aromatic N) is 1. The van der Waals surface area contributed by atoms with E-state index in [4.69, 9.17) is 9.47 Å². The maximum Gasteiger partial charge on any atom is 0.410 e. The van der Waals surface area contributed by atoms with Gasteiger partial charge in [-0.1, -0.05) is 30.3 Å². The fourth-order valence-corrected chi connectivity index (χ4v) is 3.23. The van der Waals surface area contributed by atoms with Crippen LogP contribution in [-0.4, -0.2) is 34.8 Å². The molecule has 120 valence electrons. The number of carbonyl (C=O) groups excluding carboxylic acids is 1. The summed E-state index contributed by atoms with van der Waals surface area (Å²) in [5.74, 6) is 0. The number of carbonyl (C=O) groups is 1. The molecule has 1 saturated heterocycles. The minimum atomic E-state index is -0.448. The van der Waals surface area contributed by atoms with Crippen molar-refractivity contribution in [3.05, 3.63) is 35.9 Å². The van der Waals surface area contributed by atoms with Crippen molar-refractivity contribution in [2.45, 2.75) is 63.9 Å². The quantitative estimate of drug-likeness (QED) is 0.853. The van der Waals surface area contributed by atoms with Crippen LogP contribution in [0.1, 0.15) is 45.6 Å². The molecule has 0 radical (unpaired) electrons. The maximum atomic E-state index is 12.4. The highest BCUT2D eigenvalue weighted by Crippen LogP contribution is 2.51. The topological polar surface area (TPSA) is 38.8 Å². The van der Waals surface area contributed by atoms with Crippen LogP contribution in [0.3, 0.4) is 0 Å². The van der Waals surface area contributed by atoms with E-state index in [-0.39, 0.29) is 17.7 Å². The molecule has 1 aromatic carbocycles. The number of ether oxygens (including phenoxy) is 2. The fraction of sp³-hybridized carbons (Fsp3) is 0.611. The zero-order chi connectivity index (χ0) is 15.8. The second-order valence-corrected chi connectivity index (χ2v) is 7.31. The van der Waals surface area contributed by atoms with Crippen molar-refractivity contribution in [2.24, 2.45) is 0 Å². The summed E-state index contributed by atoms with van der Waals surface area (Å²) in [6.45, 7) is 7.06. The summed E-state index contributed by atoms with van der Waals surface area (Å²) < 4.78 is 11.7. The summed E-state index contributed by atoms with van der Waals surface area (Å²) in [5.41, 5.74) is 0.613. The van der Waals surface area contributed by atoms with E-state index in [9.17, 15) is 4.79 Å². The van der Waals surface area contributed by atoms with Crippen LogP contribution < -0.4 is 0 Å². The lowest BCUT2D eigenvalue weighted by atomic mass is 10.1. The number of benzene rings is 1. The van der Waals surface area contributed by atoms with Crippen LogP contribution in [0.15, 0.2) is 30.3 Å². The number of hydrogen-bond donors (Lipinski definition) is 0. The summed E-state index contributed by atoms with van der Waals surface area (Å²) >= 11 is 0. The third-order valence-electron chi connectivity index (χ3n) is 4.42. The van der Waals surface area contributed by atoms with Crippen LogP contribution in [0.25, 0.3) is 0 Å². The highest BCUT2D eigenvalue weighted by Gasteiger charge is 2.60. The number of likely N-dealkylation sites (tertiary alicyclic amines) is 1. The van der Waals surface area contributed by atoms with Gasteiger partial charge in [0.15, 0.2) is 0 Å². The van der Waals surface area contributed by atoms with E-state index in [1.807, 2.05) is 43.9 Å². The summed E-state index contributed by atoms with van der Waals surface area (Å²) in [6.07, 6.45) is 2.86. The molecule has 1 heterocycles. The lowest BCUT2D eigenvalue weighted by molar-refractivity contribution is -0.0119. The molecule has 1 saturated carbocycles. The smallest absolute Gasteiger partial charge is 0.410 e. The molecular weight excluding hydrogens is 278 g/mol. The zero-order valence-corrected chi connectivity index (χ0v) is 13.7. The van der Waals surface area contributed by atoms with Crippen molar-refractivity contribution < 1.29 is 14.3 Å². The Morgan fingerprint density at radius 3 is 2.55 bits per heavy atom. The Hall–Kier alpha value is -1.55. The Labute approximate surface area is 132 Å². The van der Waals surface area contributed by atoms with Gasteiger partial charge in [-0.3, -0.25) is 4.90 Å². The van der Waals surface area contributed by atoms with Crippen LogP contribution >= 0.6 is 0 Å². The first-order valence-electron chi connectivity index (χ1n) is 8.07. The van der Waals surface area contributed by atoms with Crippen LogP contribution in [0.5, 0.6) is 0 Å². The van der Waals surface area contributed by atoms with Gasteiger partial charge in [0, 0.05) is 6.54 Å². The van der Waals surface area contributed by atoms with Gasteiger partial charge in [0.2, 0.25) is 0 Å². The molecule has 0 N–H and O–H groups in total. The Kier molecular flexibility index (Phi) is 3.89. The minimum absolute atomic E-state index is 0.114. The molecule has 1 aliphatic heterocycles. The molecule has 2 aliphatic rings. The third-order valence-corrected chi connectivity index (χ3v) is 4.42. The number of amides is 1. The Morgan fingerprint density at radius 2 is 1.95 bits per heavy atom. The summed E-state index contributed by atoms with van der Waals surface area (Å²) in [4.78, 5) is 14.3. The van der Waals surface area contributed by atoms with Crippen LogP contribution in [0.4, 0.5) is 4.79 Å². The van der Waals surface area contributed by atoms with E-state index >= 15 is 0 Å². The van der Waals surface area contributed by atoms with Crippen molar-refractivity contribution in [3.63, 3.8) is 0 Å². The van der Waals surface area contributed by atoms with Crippen LogP contribution in [0, 0.1) is 0 Å². The molecule has 1 unspecified atom stereocenters. The fourth-order valence-electron chi connectivity index (χ4n) is 3.23. The number of hydrogen-bond acceptors (Lipinski definition) is 3. The van der Waals surface area contributed by atoms with Crippen molar-refractivity contribution in [3.8, 4) is 0 Å². The number of rotatable bonds is 3. The zero-order valence-electron chi connectivity index (χ0n) is 13.7. The summed E-state index contributed by atoms with van der Waals surface area (Å²) in [5, 5.41) is 0. The molecule has 1 aliphatic carbocycles. The molecule has 2 fully saturated rings. The van der Waals surface area contributed by atoms with Crippen LogP contribution in [0.2, 0.25) is 0 Å². The lowest BCUT2D eigenvalue weighted by Gasteiger charge is -2.30. The van der Waals surface area contributed by atoms with Gasteiger partial charge in [0.05, 0.1) is 18.2 Å². The second kappa shape index (κ2) is 5.58.